The Kier molecular flexibility index (Phi) is 4.42. The molecule has 1 N–H and O–H groups in total. The second kappa shape index (κ2) is 5.39. The molecule has 1 aromatic rings. The average molecular weight is 244 g/mol. The van der Waals surface area contributed by atoms with Crippen LogP contribution < -0.4 is 5.32 Å². The van der Waals surface area contributed by atoms with Crippen LogP contribution in [0.25, 0.3) is 0 Å². The number of carbonyl (C=O) groups is 1. The number of furan rings is 1. The van der Waals surface area contributed by atoms with Crippen LogP contribution in [-0.2, 0) is 0 Å². The first-order valence-electron chi connectivity index (χ1n) is 5.39. The van der Waals surface area contributed by atoms with Gasteiger partial charge in [0.2, 0.25) is 0 Å². The number of halogens is 1. The summed E-state index contributed by atoms with van der Waals surface area (Å²) < 4.78 is 5.32. The fourth-order valence-electron chi connectivity index (χ4n) is 1.49. The highest BCUT2D eigenvalue weighted by Crippen LogP contribution is 2.14. The summed E-state index contributed by atoms with van der Waals surface area (Å²) in [7, 11) is 0. The van der Waals surface area contributed by atoms with Gasteiger partial charge in [-0.1, -0.05) is 13.8 Å². The van der Waals surface area contributed by atoms with Crippen molar-refractivity contribution < 1.29 is 9.21 Å². The Morgan fingerprint density at radius 1 is 1.50 bits per heavy atom. The summed E-state index contributed by atoms with van der Waals surface area (Å²) in [4.78, 5) is 11.9. The maximum absolute atomic E-state index is 11.9. The van der Waals surface area contributed by atoms with Crippen LogP contribution in [0.1, 0.15) is 35.7 Å². The first kappa shape index (κ1) is 13.1. The van der Waals surface area contributed by atoms with Gasteiger partial charge in [0.25, 0.3) is 5.91 Å². The van der Waals surface area contributed by atoms with Crippen LogP contribution in [0.2, 0.25) is 0 Å². The molecule has 0 saturated heterocycles. The van der Waals surface area contributed by atoms with E-state index in [1.54, 1.807) is 13.0 Å². The monoisotopic (exact) mass is 243 g/mol. The summed E-state index contributed by atoms with van der Waals surface area (Å²) in [5, 5.41) is 2.91. The molecule has 0 saturated carbocycles. The third kappa shape index (κ3) is 3.01. The summed E-state index contributed by atoms with van der Waals surface area (Å²) in [5.74, 6) is 2.00. The van der Waals surface area contributed by atoms with Gasteiger partial charge < -0.3 is 9.73 Å². The van der Waals surface area contributed by atoms with E-state index in [0.29, 0.717) is 23.1 Å². The van der Waals surface area contributed by atoms with E-state index in [1.165, 1.54) is 0 Å². The van der Waals surface area contributed by atoms with Crippen molar-refractivity contribution in [2.24, 2.45) is 5.92 Å². The van der Waals surface area contributed by atoms with Gasteiger partial charge in [-0.25, -0.2) is 0 Å². The van der Waals surface area contributed by atoms with Gasteiger partial charge in [-0.2, -0.15) is 0 Å². The van der Waals surface area contributed by atoms with Crippen molar-refractivity contribution in [3.63, 3.8) is 0 Å². The summed E-state index contributed by atoms with van der Waals surface area (Å²) >= 11 is 5.80. The lowest BCUT2D eigenvalue weighted by atomic mass is 10.1. The molecule has 1 rings (SSSR count). The molecule has 0 spiro atoms. The van der Waals surface area contributed by atoms with E-state index in [2.05, 4.69) is 5.32 Å². The van der Waals surface area contributed by atoms with Crippen LogP contribution in [0.3, 0.4) is 0 Å². The summed E-state index contributed by atoms with van der Waals surface area (Å²) in [6.45, 7) is 7.67. The molecule has 90 valence electrons. The summed E-state index contributed by atoms with van der Waals surface area (Å²) in [5.41, 5.74) is 0.591. The second-order valence-electron chi connectivity index (χ2n) is 4.31. The normalized spacial score (nSPS) is 12.9. The first-order valence-corrected chi connectivity index (χ1v) is 5.93. The maximum atomic E-state index is 11.9. The summed E-state index contributed by atoms with van der Waals surface area (Å²) in [6.07, 6.45) is 0. The molecule has 16 heavy (non-hydrogen) atoms. The lowest BCUT2D eigenvalue weighted by Gasteiger charge is -2.19. The number of hydrogen-bond donors (Lipinski definition) is 1. The predicted octanol–water partition coefficient (Wildman–Crippen LogP) is 2.89. The third-order valence-electron chi connectivity index (χ3n) is 2.57. The minimum Gasteiger partial charge on any atom is -0.466 e. The van der Waals surface area contributed by atoms with Gasteiger partial charge in [0.15, 0.2) is 0 Å². The zero-order valence-electron chi connectivity index (χ0n) is 10.1. The topological polar surface area (TPSA) is 42.2 Å². The number of hydrogen-bond acceptors (Lipinski definition) is 2. The molecule has 0 aliphatic rings. The molecule has 1 atom stereocenters. The number of aryl methyl sites for hydroxylation is 2. The standard InChI is InChI=1S/C12H18ClNO2/c1-7(2)11(6-13)14-12(15)10-5-8(3)16-9(10)4/h5,7,11H,6H2,1-4H3,(H,14,15). The lowest BCUT2D eigenvalue weighted by molar-refractivity contribution is 0.0929. The molecule has 1 amide bonds. The first-order chi connectivity index (χ1) is 7.45. The number of carbonyl (C=O) groups excluding carboxylic acids is 1. The average Bonchev–Trinajstić information content (AvgIpc) is 2.53. The smallest absolute Gasteiger partial charge is 0.255 e. The fraction of sp³-hybridized carbons (Fsp3) is 0.583. The molecule has 0 aromatic carbocycles. The molecule has 0 aliphatic heterocycles. The Labute approximate surface area is 101 Å². The molecule has 1 heterocycles. The van der Waals surface area contributed by atoms with Crippen molar-refractivity contribution in [3.8, 4) is 0 Å². The third-order valence-corrected chi connectivity index (χ3v) is 2.91. The zero-order valence-corrected chi connectivity index (χ0v) is 10.9. The largest absolute Gasteiger partial charge is 0.466 e. The van der Waals surface area contributed by atoms with Crippen molar-refractivity contribution in [1.82, 2.24) is 5.32 Å². The van der Waals surface area contributed by atoms with Crippen molar-refractivity contribution >= 4 is 17.5 Å². The van der Waals surface area contributed by atoms with Crippen molar-refractivity contribution in [2.75, 3.05) is 5.88 Å². The summed E-state index contributed by atoms with van der Waals surface area (Å²) in [6, 6.07) is 1.74. The van der Waals surface area contributed by atoms with E-state index >= 15 is 0 Å². The van der Waals surface area contributed by atoms with E-state index in [1.807, 2.05) is 20.8 Å². The Morgan fingerprint density at radius 2 is 2.12 bits per heavy atom. The molecule has 4 heteroatoms. The van der Waals surface area contributed by atoms with Gasteiger partial charge in [-0.15, -0.1) is 11.6 Å². The zero-order chi connectivity index (χ0) is 12.3. The number of nitrogens with one attached hydrogen (secondary N) is 1. The molecule has 1 unspecified atom stereocenters. The Balaban J connectivity index is 2.75. The molecule has 3 nitrogen and oxygen atoms in total. The molecular weight excluding hydrogens is 226 g/mol. The minimum absolute atomic E-state index is 0.0104. The van der Waals surface area contributed by atoms with E-state index in [9.17, 15) is 4.79 Å². The molecule has 0 fully saturated rings. The molecule has 1 aromatic heterocycles. The van der Waals surface area contributed by atoms with E-state index < -0.39 is 0 Å². The van der Waals surface area contributed by atoms with Crippen molar-refractivity contribution in [2.45, 2.75) is 33.7 Å². The van der Waals surface area contributed by atoms with E-state index in [0.717, 1.165) is 5.76 Å². The van der Waals surface area contributed by atoms with Crippen LogP contribution in [-0.4, -0.2) is 17.8 Å². The van der Waals surface area contributed by atoms with Gasteiger partial charge >= 0.3 is 0 Å². The highest BCUT2D eigenvalue weighted by atomic mass is 35.5. The van der Waals surface area contributed by atoms with Crippen LogP contribution in [0, 0.1) is 19.8 Å². The van der Waals surface area contributed by atoms with Crippen LogP contribution in [0.4, 0.5) is 0 Å². The number of alkyl halides is 1. The van der Waals surface area contributed by atoms with Gasteiger partial charge in [-0.3, -0.25) is 4.79 Å². The highest BCUT2D eigenvalue weighted by molar-refractivity contribution is 6.18. The number of amides is 1. The Morgan fingerprint density at radius 3 is 2.50 bits per heavy atom. The Bertz CT molecular complexity index is 371. The SMILES string of the molecule is Cc1cc(C(=O)NC(CCl)C(C)C)c(C)o1. The molecule has 0 radical (unpaired) electrons. The van der Waals surface area contributed by atoms with Crippen molar-refractivity contribution in [3.05, 3.63) is 23.2 Å². The molecular formula is C12H18ClNO2. The van der Waals surface area contributed by atoms with Crippen molar-refractivity contribution in [1.29, 1.82) is 0 Å². The quantitative estimate of drug-likeness (QED) is 0.827. The lowest BCUT2D eigenvalue weighted by Crippen LogP contribution is -2.39. The van der Waals surface area contributed by atoms with Gasteiger partial charge in [0, 0.05) is 11.9 Å². The predicted molar refractivity (Wildman–Crippen MR) is 65.0 cm³/mol. The minimum atomic E-state index is -0.117. The van der Waals surface area contributed by atoms with Gasteiger partial charge in [0.05, 0.1) is 5.56 Å². The van der Waals surface area contributed by atoms with Gasteiger partial charge in [0.1, 0.15) is 11.5 Å². The molecule has 0 bridgehead atoms. The number of rotatable bonds is 4. The maximum Gasteiger partial charge on any atom is 0.255 e. The highest BCUT2D eigenvalue weighted by Gasteiger charge is 2.19. The van der Waals surface area contributed by atoms with Gasteiger partial charge in [-0.05, 0) is 25.8 Å². The van der Waals surface area contributed by atoms with Crippen LogP contribution in [0.15, 0.2) is 10.5 Å². The van der Waals surface area contributed by atoms with E-state index in [-0.39, 0.29) is 11.9 Å². The van der Waals surface area contributed by atoms with Crippen LogP contribution >= 0.6 is 11.6 Å². The van der Waals surface area contributed by atoms with E-state index in [4.69, 9.17) is 16.0 Å². The second-order valence-corrected chi connectivity index (χ2v) is 4.61. The Hall–Kier alpha value is -0.960. The fourth-order valence-corrected chi connectivity index (χ4v) is 1.92. The molecule has 0 aliphatic carbocycles. The van der Waals surface area contributed by atoms with Crippen LogP contribution in [0.5, 0.6) is 0 Å².